The SMILES string of the molecule is O=C(Nc1ccc(F)c(F)c1)c1cccc(CN2C(=O)Nc3ccc(Cl)cc3S2(=O)=O)c1. The van der Waals surface area contributed by atoms with Crippen molar-refractivity contribution in [3.8, 4) is 0 Å². The molecule has 0 radical (unpaired) electrons. The number of urea groups is 1. The molecule has 3 aromatic carbocycles. The van der Waals surface area contributed by atoms with Crippen molar-refractivity contribution in [2.45, 2.75) is 11.4 Å². The Morgan fingerprint density at radius 2 is 1.81 bits per heavy atom. The molecule has 3 aromatic rings. The molecule has 3 amide bonds. The van der Waals surface area contributed by atoms with Crippen LogP contribution >= 0.6 is 11.6 Å². The molecule has 32 heavy (non-hydrogen) atoms. The van der Waals surface area contributed by atoms with Gasteiger partial charge in [-0.3, -0.25) is 4.79 Å². The maximum Gasteiger partial charge on any atom is 0.336 e. The van der Waals surface area contributed by atoms with E-state index in [0.29, 0.717) is 9.87 Å². The van der Waals surface area contributed by atoms with E-state index >= 15 is 0 Å². The van der Waals surface area contributed by atoms with E-state index in [1.807, 2.05) is 0 Å². The van der Waals surface area contributed by atoms with Crippen LogP contribution in [0.4, 0.5) is 25.0 Å². The Morgan fingerprint density at radius 3 is 2.56 bits per heavy atom. The van der Waals surface area contributed by atoms with Crippen molar-refractivity contribution < 1.29 is 26.8 Å². The lowest BCUT2D eigenvalue weighted by atomic mass is 10.1. The first-order chi connectivity index (χ1) is 15.1. The fourth-order valence-electron chi connectivity index (χ4n) is 3.13. The fourth-order valence-corrected chi connectivity index (χ4v) is 4.86. The van der Waals surface area contributed by atoms with Crippen LogP contribution in [-0.2, 0) is 16.6 Å². The van der Waals surface area contributed by atoms with Crippen molar-refractivity contribution in [1.29, 1.82) is 0 Å². The maximum atomic E-state index is 13.4. The number of benzene rings is 3. The number of nitrogens with zero attached hydrogens (tertiary/aromatic N) is 1. The van der Waals surface area contributed by atoms with Crippen molar-refractivity contribution in [2.24, 2.45) is 0 Å². The lowest BCUT2D eigenvalue weighted by molar-refractivity contribution is 0.102. The molecule has 1 heterocycles. The number of carbonyl (C=O) groups is 2. The summed E-state index contributed by atoms with van der Waals surface area (Å²) in [6.07, 6.45) is 0. The Morgan fingerprint density at radius 1 is 1.03 bits per heavy atom. The molecule has 0 aromatic heterocycles. The molecule has 1 aliphatic heterocycles. The highest BCUT2D eigenvalue weighted by Crippen LogP contribution is 2.33. The number of fused-ring (bicyclic) bond motifs is 1. The third kappa shape index (κ3) is 4.14. The first kappa shape index (κ1) is 21.7. The van der Waals surface area contributed by atoms with E-state index in [4.69, 9.17) is 11.6 Å². The van der Waals surface area contributed by atoms with Gasteiger partial charge in [-0.15, -0.1) is 0 Å². The standard InChI is InChI=1S/C21H14ClF2N3O4S/c22-14-4-7-18-19(9-14)32(30,31)27(21(29)26-18)11-12-2-1-3-13(8-12)20(28)25-15-5-6-16(23)17(24)10-15/h1-10H,11H2,(H,25,28)(H,26,29). The van der Waals surface area contributed by atoms with E-state index < -0.39 is 33.6 Å². The largest absolute Gasteiger partial charge is 0.336 e. The molecule has 0 unspecified atom stereocenters. The molecule has 0 atom stereocenters. The lowest BCUT2D eigenvalue weighted by Gasteiger charge is -2.29. The summed E-state index contributed by atoms with van der Waals surface area (Å²) in [6, 6.07) is 12.1. The molecule has 164 valence electrons. The van der Waals surface area contributed by atoms with Crippen molar-refractivity contribution in [3.05, 3.63) is 88.4 Å². The summed E-state index contributed by atoms with van der Waals surface area (Å²) in [4.78, 5) is 24.8. The number of carbonyl (C=O) groups excluding carboxylic acids is 2. The smallest absolute Gasteiger partial charge is 0.322 e. The molecule has 2 N–H and O–H groups in total. The summed E-state index contributed by atoms with van der Waals surface area (Å²) in [5.41, 5.74) is 0.652. The lowest BCUT2D eigenvalue weighted by Crippen LogP contribution is -2.43. The molecule has 4 rings (SSSR count). The number of hydrogen-bond donors (Lipinski definition) is 2. The molecule has 7 nitrogen and oxygen atoms in total. The summed E-state index contributed by atoms with van der Waals surface area (Å²) < 4.78 is 53.0. The highest BCUT2D eigenvalue weighted by atomic mass is 35.5. The normalized spacial score (nSPS) is 14.5. The van der Waals surface area contributed by atoms with E-state index in [9.17, 15) is 26.8 Å². The topological polar surface area (TPSA) is 95.6 Å². The minimum atomic E-state index is -4.18. The number of amides is 3. The van der Waals surface area contributed by atoms with E-state index in [2.05, 4.69) is 10.6 Å². The van der Waals surface area contributed by atoms with Crippen LogP contribution in [0.3, 0.4) is 0 Å². The minimum absolute atomic E-state index is 0.0470. The highest BCUT2D eigenvalue weighted by Gasteiger charge is 2.36. The number of anilines is 2. The fraction of sp³-hybridized carbons (Fsp3) is 0.0476. The summed E-state index contributed by atoms with van der Waals surface area (Å²) in [6.45, 7) is -0.341. The van der Waals surface area contributed by atoms with Crippen LogP contribution < -0.4 is 10.6 Å². The molecule has 0 saturated heterocycles. The van der Waals surface area contributed by atoms with Gasteiger partial charge in [-0.2, -0.15) is 0 Å². The first-order valence-electron chi connectivity index (χ1n) is 9.14. The molecule has 0 fully saturated rings. The van der Waals surface area contributed by atoms with Crippen molar-refractivity contribution in [2.75, 3.05) is 10.6 Å². The van der Waals surface area contributed by atoms with Crippen LogP contribution in [0.25, 0.3) is 0 Å². The van der Waals surface area contributed by atoms with Crippen molar-refractivity contribution in [1.82, 2.24) is 4.31 Å². The number of rotatable bonds is 4. The van der Waals surface area contributed by atoms with Gasteiger partial charge in [0.1, 0.15) is 4.90 Å². The number of sulfonamides is 1. The van der Waals surface area contributed by atoms with Crippen LogP contribution in [0.15, 0.2) is 65.6 Å². The van der Waals surface area contributed by atoms with Crippen LogP contribution in [-0.4, -0.2) is 24.7 Å². The molecule has 0 bridgehead atoms. The maximum absolute atomic E-state index is 13.4. The first-order valence-corrected chi connectivity index (χ1v) is 11.0. The van der Waals surface area contributed by atoms with Crippen LogP contribution in [0.1, 0.15) is 15.9 Å². The molecule has 11 heteroatoms. The average Bonchev–Trinajstić information content (AvgIpc) is 2.75. The van der Waals surface area contributed by atoms with E-state index in [0.717, 1.165) is 12.1 Å². The second kappa shape index (κ2) is 8.21. The molecule has 0 spiro atoms. The zero-order valence-corrected chi connectivity index (χ0v) is 17.7. The Balaban J connectivity index is 1.58. The van der Waals surface area contributed by atoms with Gasteiger partial charge in [0.05, 0.1) is 12.2 Å². The van der Waals surface area contributed by atoms with Gasteiger partial charge in [0.2, 0.25) is 0 Å². The highest BCUT2D eigenvalue weighted by molar-refractivity contribution is 7.90. The van der Waals surface area contributed by atoms with Crippen LogP contribution in [0.2, 0.25) is 5.02 Å². The zero-order chi connectivity index (χ0) is 23.0. The Hall–Kier alpha value is -3.50. The van der Waals surface area contributed by atoms with Crippen LogP contribution in [0.5, 0.6) is 0 Å². The molecule has 1 aliphatic rings. The molecule has 0 saturated carbocycles. The van der Waals surface area contributed by atoms with Crippen LogP contribution in [0, 0.1) is 11.6 Å². The van der Waals surface area contributed by atoms with Gasteiger partial charge >= 0.3 is 6.03 Å². The minimum Gasteiger partial charge on any atom is -0.322 e. The van der Waals surface area contributed by atoms with Gasteiger partial charge in [-0.1, -0.05) is 23.7 Å². The molecule has 0 aliphatic carbocycles. The van der Waals surface area contributed by atoms with Gasteiger partial charge in [-0.25, -0.2) is 26.3 Å². The number of nitrogens with one attached hydrogen (secondary N) is 2. The van der Waals surface area contributed by atoms with Gasteiger partial charge in [0.25, 0.3) is 15.9 Å². The van der Waals surface area contributed by atoms with Crippen molar-refractivity contribution >= 4 is 44.9 Å². The van der Waals surface area contributed by atoms with Gasteiger partial charge in [0, 0.05) is 22.3 Å². The third-order valence-corrected chi connectivity index (χ3v) is 6.68. The summed E-state index contributed by atoms with van der Waals surface area (Å²) in [5, 5.41) is 5.12. The summed E-state index contributed by atoms with van der Waals surface area (Å²) in [5.74, 6) is -2.78. The zero-order valence-electron chi connectivity index (χ0n) is 16.1. The second-order valence-electron chi connectivity index (χ2n) is 6.87. The monoisotopic (exact) mass is 477 g/mol. The predicted octanol–water partition coefficient (Wildman–Crippen LogP) is 4.61. The number of halogens is 3. The Labute approximate surface area is 186 Å². The van der Waals surface area contributed by atoms with Gasteiger partial charge in [-0.05, 0) is 48.0 Å². The van der Waals surface area contributed by atoms with Gasteiger partial charge < -0.3 is 10.6 Å². The Kier molecular flexibility index (Phi) is 5.57. The quantitative estimate of drug-likeness (QED) is 0.573. The van der Waals surface area contributed by atoms with E-state index in [1.54, 1.807) is 6.07 Å². The average molecular weight is 478 g/mol. The summed E-state index contributed by atoms with van der Waals surface area (Å²) in [7, 11) is -4.18. The van der Waals surface area contributed by atoms with Crippen molar-refractivity contribution in [3.63, 3.8) is 0 Å². The molecular formula is C21H14ClF2N3O4S. The predicted molar refractivity (Wildman–Crippen MR) is 114 cm³/mol. The van der Waals surface area contributed by atoms with E-state index in [-0.39, 0.29) is 33.4 Å². The molecular weight excluding hydrogens is 464 g/mol. The van der Waals surface area contributed by atoms with Gasteiger partial charge in [0.15, 0.2) is 11.6 Å². The summed E-state index contributed by atoms with van der Waals surface area (Å²) >= 11 is 5.90. The Bertz CT molecular complexity index is 1360. The second-order valence-corrected chi connectivity index (χ2v) is 9.13. The third-order valence-electron chi connectivity index (χ3n) is 4.67. The number of hydrogen-bond acceptors (Lipinski definition) is 4. The van der Waals surface area contributed by atoms with E-state index in [1.165, 1.54) is 42.5 Å².